The van der Waals surface area contributed by atoms with E-state index in [0.29, 0.717) is 12.5 Å². The lowest BCUT2D eigenvalue weighted by Crippen LogP contribution is -2.31. The van der Waals surface area contributed by atoms with E-state index in [1.807, 2.05) is 6.07 Å². The molecule has 84 valence electrons. The fraction of sp³-hybridized carbons (Fsp3) is 0.636. The first-order valence-electron chi connectivity index (χ1n) is 5.50. The summed E-state index contributed by atoms with van der Waals surface area (Å²) in [5.41, 5.74) is 0. The monoisotopic (exact) mass is 209 g/mol. The lowest BCUT2D eigenvalue weighted by atomic mass is 10.0. The molecule has 0 radical (unpaired) electrons. The van der Waals surface area contributed by atoms with E-state index in [1.165, 1.54) is 0 Å². The first kappa shape index (κ1) is 11.8. The summed E-state index contributed by atoms with van der Waals surface area (Å²) in [5.74, 6) is 0.622. The predicted molar refractivity (Wildman–Crippen MR) is 59.3 cm³/mol. The average molecular weight is 209 g/mol. The smallest absolute Gasteiger partial charge is 0.241 e. The highest BCUT2D eigenvalue weighted by atomic mass is 16.2. The summed E-state index contributed by atoms with van der Waals surface area (Å²) in [6.07, 6.45) is 5.68. The van der Waals surface area contributed by atoms with E-state index in [0.717, 1.165) is 19.4 Å². The van der Waals surface area contributed by atoms with Crippen LogP contribution in [0.4, 0.5) is 0 Å². The number of aromatic nitrogens is 2. The molecule has 0 bridgehead atoms. The number of rotatable bonds is 6. The molecule has 1 amide bonds. The quantitative estimate of drug-likeness (QED) is 0.770. The zero-order valence-corrected chi connectivity index (χ0v) is 9.44. The molecular formula is C11H19N3O. The van der Waals surface area contributed by atoms with Crippen molar-refractivity contribution in [2.45, 2.75) is 33.2 Å². The van der Waals surface area contributed by atoms with E-state index < -0.39 is 0 Å². The zero-order chi connectivity index (χ0) is 11.1. The molecule has 0 atom stereocenters. The maximum Gasteiger partial charge on any atom is 0.241 e. The lowest BCUT2D eigenvalue weighted by molar-refractivity contribution is -0.122. The first-order chi connectivity index (χ1) is 7.26. The Morgan fingerprint density at radius 2 is 2.20 bits per heavy atom. The Kier molecular flexibility index (Phi) is 4.87. The number of carbonyl (C=O) groups is 1. The molecular weight excluding hydrogens is 190 g/mol. The van der Waals surface area contributed by atoms with Crippen LogP contribution in [-0.2, 0) is 11.3 Å². The third kappa shape index (κ3) is 4.14. The van der Waals surface area contributed by atoms with Crippen molar-refractivity contribution in [2.24, 2.45) is 5.92 Å². The van der Waals surface area contributed by atoms with Gasteiger partial charge < -0.3 is 5.32 Å². The van der Waals surface area contributed by atoms with E-state index in [-0.39, 0.29) is 5.91 Å². The van der Waals surface area contributed by atoms with Crippen LogP contribution < -0.4 is 5.32 Å². The van der Waals surface area contributed by atoms with Gasteiger partial charge in [0.05, 0.1) is 0 Å². The average Bonchev–Trinajstić information content (AvgIpc) is 2.72. The van der Waals surface area contributed by atoms with E-state index in [9.17, 15) is 4.79 Å². The molecule has 4 heteroatoms. The van der Waals surface area contributed by atoms with Gasteiger partial charge in [0.25, 0.3) is 0 Å². The maximum absolute atomic E-state index is 11.5. The van der Waals surface area contributed by atoms with Gasteiger partial charge in [0.2, 0.25) is 5.91 Å². The minimum Gasteiger partial charge on any atom is -0.354 e. The molecule has 0 aromatic carbocycles. The second-order valence-corrected chi connectivity index (χ2v) is 3.69. The standard InChI is InChI=1S/C11H19N3O/c1-3-10(4-2)8-12-11(15)9-14-7-5-6-13-14/h5-7,10H,3-4,8-9H2,1-2H3,(H,12,15). The summed E-state index contributed by atoms with van der Waals surface area (Å²) in [7, 11) is 0. The Bertz CT molecular complexity index is 278. The number of hydrogen-bond acceptors (Lipinski definition) is 2. The van der Waals surface area contributed by atoms with Crippen molar-refractivity contribution in [3.05, 3.63) is 18.5 Å². The highest BCUT2D eigenvalue weighted by molar-refractivity contribution is 5.75. The van der Waals surface area contributed by atoms with Crippen LogP contribution in [0.25, 0.3) is 0 Å². The van der Waals surface area contributed by atoms with Gasteiger partial charge in [0.15, 0.2) is 0 Å². The van der Waals surface area contributed by atoms with Gasteiger partial charge in [-0.05, 0) is 12.0 Å². The largest absolute Gasteiger partial charge is 0.354 e. The molecule has 0 aliphatic heterocycles. The summed E-state index contributed by atoms with van der Waals surface area (Å²) in [4.78, 5) is 11.5. The van der Waals surface area contributed by atoms with Gasteiger partial charge in [-0.2, -0.15) is 5.10 Å². The highest BCUT2D eigenvalue weighted by Crippen LogP contribution is 2.04. The molecule has 1 heterocycles. The van der Waals surface area contributed by atoms with Crippen molar-refractivity contribution in [1.29, 1.82) is 0 Å². The van der Waals surface area contributed by atoms with Crippen molar-refractivity contribution in [3.63, 3.8) is 0 Å². The normalized spacial score (nSPS) is 10.6. The molecule has 1 aromatic heterocycles. The van der Waals surface area contributed by atoms with Crippen LogP contribution in [0.1, 0.15) is 26.7 Å². The lowest BCUT2D eigenvalue weighted by Gasteiger charge is -2.13. The molecule has 0 unspecified atom stereocenters. The summed E-state index contributed by atoms with van der Waals surface area (Å²) in [6.45, 7) is 5.38. The highest BCUT2D eigenvalue weighted by Gasteiger charge is 2.06. The summed E-state index contributed by atoms with van der Waals surface area (Å²) >= 11 is 0. The van der Waals surface area contributed by atoms with Crippen molar-refractivity contribution in [2.75, 3.05) is 6.54 Å². The molecule has 15 heavy (non-hydrogen) atoms. The topological polar surface area (TPSA) is 46.9 Å². The van der Waals surface area contributed by atoms with Gasteiger partial charge in [-0.25, -0.2) is 0 Å². The van der Waals surface area contributed by atoms with Gasteiger partial charge >= 0.3 is 0 Å². The van der Waals surface area contributed by atoms with Crippen LogP contribution in [0.3, 0.4) is 0 Å². The van der Waals surface area contributed by atoms with Gasteiger partial charge in [-0.3, -0.25) is 9.48 Å². The number of hydrogen-bond donors (Lipinski definition) is 1. The van der Waals surface area contributed by atoms with E-state index in [2.05, 4.69) is 24.3 Å². The second kappa shape index (κ2) is 6.22. The fourth-order valence-corrected chi connectivity index (χ4v) is 1.43. The molecule has 1 rings (SSSR count). The third-order valence-corrected chi connectivity index (χ3v) is 2.61. The Labute approximate surface area is 90.7 Å². The molecule has 4 nitrogen and oxygen atoms in total. The third-order valence-electron chi connectivity index (χ3n) is 2.61. The molecule has 0 spiro atoms. The molecule has 0 saturated carbocycles. The van der Waals surface area contributed by atoms with Crippen LogP contribution in [0.2, 0.25) is 0 Å². The zero-order valence-electron chi connectivity index (χ0n) is 9.44. The Hall–Kier alpha value is -1.32. The van der Waals surface area contributed by atoms with E-state index in [1.54, 1.807) is 17.1 Å². The van der Waals surface area contributed by atoms with Crippen molar-refractivity contribution in [1.82, 2.24) is 15.1 Å². The molecule has 0 fully saturated rings. The number of nitrogens with one attached hydrogen (secondary N) is 1. The van der Waals surface area contributed by atoms with Crippen LogP contribution in [0.5, 0.6) is 0 Å². The number of carbonyl (C=O) groups excluding carboxylic acids is 1. The Morgan fingerprint density at radius 3 is 2.73 bits per heavy atom. The first-order valence-corrected chi connectivity index (χ1v) is 5.50. The van der Waals surface area contributed by atoms with Crippen molar-refractivity contribution >= 4 is 5.91 Å². The van der Waals surface area contributed by atoms with Gasteiger partial charge in [0.1, 0.15) is 6.54 Å². The summed E-state index contributed by atoms with van der Waals surface area (Å²) in [6, 6.07) is 1.81. The minimum atomic E-state index is 0.0330. The van der Waals surface area contributed by atoms with E-state index in [4.69, 9.17) is 0 Å². The molecule has 0 aliphatic rings. The second-order valence-electron chi connectivity index (χ2n) is 3.69. The van der Waals surface area contributed by atoms with E-state index >= 15 is 0 Å². The molecule has 0 saturated heterocycles. The van der Waals surface area contributed by atoms with Gasteiger partial charge in [-0.1, -0.05) is 26.7 Å². The summed E-state index contributed by atoms with van der Waals surface area (Å²) < 4.78 is 1.63. The Balaban J connectivity index is 2.24. The molecule has 1 N–H and O–H groups in total. The van der Waals surface area contributed by atoms with Crippen LogP contribution in [0.15, 0.2) is 18.5 Å². The predicted octanol–water partition coefficient (Wildman–Crippen LogP) is 1.44. The Morgan fingerprint density at radius 1 is 1.47 bits per heavy atom. The number of amides is 1. The SMILES string of the molecule is CCC(CC)CNC(=O)Cn1cccn1. The fourth-order valence-electron chi connectivity index (χ4n) is 1.43. The van der Waals surface area contributed by atoms with Crippen molar-refractivity contribution in [3.8, 4) is 0 Å². The number of nitrogens with zero attached hydrogens (tertiary/aromatic N) is 2. The van der Waals surface area contributed by atoms with Crippen LogP contribution in [-0.4, -0.2) is 22.2 Å². The van der Waals surface area contributed by atoms with Gasteiger partial charge in [-0.15, -0.1) is 0 Å². The summed E-state index contributed by atoms with van der Waals surface area (Å²) in [5, 5.41) is 6.90. The minimum absolute atomic E-state index is 0.0330. The van der Waals surface area contributed by atoms with Crippen LogP contribution >= 0.6 is 0 Å². The molecule has 1 aromatic rings. The molecule has 0 aliphatic carbocycles. The maximum atomic E-state index is 11.5. The van der Waals surface area contributed by atoms with Crippen molar-refractivity contribution < 1.29 is 4.79 Å². The van der Waals surface area contributed by atoms with Crippen LogP contribution in [0, 0.1) is 5.92 Å². The van der Waals surface area contributed by atoms with Gasteiger partial charge in [0, 0.05) is 18.9 Å².